The van der Waals surface area contributed by atoms with Gasteiger partial charge in [0, 0.05) is 6.54 Å². The summed E-state index contributed by atoms with van der Waals surface area (Å²) in [5.74, 6) is -1.60. The minimum atomic E-state index is -0.634. The van der Waals surface area contributed by atoms with Gasteiger partial charge in [-0.15, -0.1) is 0 Å². The van der Waals surface area contributed by atoms with Crippen LogP contribution in [0.15, 0.2) is 18.5 Å². The number of hydrogen-bond donors (Lipinski definition) is 0. The molecule has 2 rings (SSSR count). The number of ether oxygens (including phenoxy) is 2. The zero-order chi connectivity index (χ0) is 17.2. The number of esters is 2. The average molecular weight is 322 g/mol. The van der Waals surface area contributed by atoms with Gasteiger partial charge in [0.25, 0.3) is 0 Å². The van der Waals surface area contributed by atoms with E-state index in [4.69, 9.17) is 4.74 Å². The third-order valence-electron chi connectivity index (χ3n) is 3.08. The van der Waals surface area contributed by atoms with Crippen molar-refractivity contribution in [2.75, 3.05) is 7.11 Å². The fourth-order valence-electron chi connectivity index (χ4n) is 2.14. The average Bonchev–Trinajstić information content (AvgIpc) is 2.86. The van der Waals surface area contributed by atoms with Crippen molar-refractivity contribution in [1.29, 1.82) is 0 Å². The maximum Gasteiger partial charge on any atom is 0.338 e. The van der Waals surface area contributed by atoms with E-state index in [1.807, 2.05) is 0 Å². The van der Waals surface area contributed by atoms with Gasteiger partial charge in [-0.25, -0.2) is 14.2 Å². The topological polar surface area (TPSA) is 70.4 Å². The van der Waals surface area contributed by atoms with E-state index in [1.54, 1.807) is 25.3 Å². The van der Waals surface area contributed by atoms with Crippen molar-refractivity contribution in [2.45, 2.75) is 39.3 Å². The van der Waals surface area contributed by atoms with Crippen molar-refractivity contribution in [3.63, 3.8) is 0 Å². The van der Waals surface area contributed by atoms with Crippen LogP contribution in [0.2, 0.25) is 0 Å². The fourth-order valence-corrected chi connectivity index (χ4v) is 2.14. The number of halogens is 1. The highest BCUT2D eigenvalue weighted by atomic mass is 19.1. The van der Waals surface area contributed by atoms with Gasteiger partial charge >= 0.3 is 11.9 Å². The second-order valence-electron chi connectivity index (χ2n) is 6.09. The molecule has 7 heteroatoms. The van der Waals surface area contributed by atoms with Crippen LogP contribution in [0.4, 0.5) is 4.39 Å². The third-order valence-corrected chi connectivity index (χ3v) is 3.08. The second-order valence-corrected chi connectivity index (χ2v) is 6.09. The highest BCUT2D eigenvalue weighted by Crippen LogP contribution is 2.20. The van der Waals surface area contributed by atoms with Crippen LogP contribution >= 0.6 is 0 Å². The molecule has 0 unspecified atom stereocenters. The van der Waals surface area contributed by atoms with Crippen molar-refractivity contribution < 1.29 is 23.5 Å². The maximum atomic E-state index is 14.0. The number of carbonyl (C=O) groups is 2. The quantitative estimate of drug-likeness (QED) is 0.809. The summed E-state index contributed by atoms with van der Waals surface area (Å²) in [5.41, 5.74) is 0.102. The first-order chi connectivity index (χ1) is 10.7. The largest absolute Gasteiger partial charge is 0.465 e. The van der Waals surface area contributed by atoms with Gasteiger partial charge in [-0.05, 0) is 32.9 Å². The van der Waals surface area contributed by atoms with Gasteiger partial charge in [0.05, 0.1) is 30.9 Å². The van der Waals surface area contributed by atoms with E-state index in [0.717, 1.165) is 6.07 Å². The molecular weight excluding hydrogens is 303 g/mol. The number of methoxy groups -OCH3 is 1. The molecule has 0 amide bonds. The van der Waals surface area contributed by atoms with E-state index in [1.165, 1.54) is 19.5 Å². The molecule has 1 aromatic carbocycles. The molecular formula is C16H19FN2O4. The van der Waals surface area contributed by atoms with Crippen molar-refractivity contribution in [2.24, 2.45) is 0 Å². The summed E-state index contributed by atoms with van der Waals surface area (Å²) < 4.78 is 25.4. The van der Waals surface area contributed by atoms with Crippen molar-refractivity contribution in [3.8, 4) is 0 Å². The minimum Gasteiger partial charge on any atom is -0.465 e. The van der Waals surface area contributed by atoms with Gasteiger partial charge in [-0.3, -0.25) is 4.79 Å². The van der Waals surface area contributed by atoms with E-state index in [9.17, 15) is 14.0 Å². The van der Waals surface area contributed by atoms with Crippen LogP contribution in [0.5, 0.6) is 0 Å². The number of carbonyl (C=O) groups excluding carboxylic acids is 2. The Balaban J connectivity index is 2.23. The molecule has 0 atom stereocenters. The molecule has 0 fully saturated rings. The monoisotopic (exact) mass is 322 g/mol. The zero-order valence-electron chi connectivity index (χ0n) is 13.6. The summed E-state index contributed by atoms with van der Waals surface area (Å²) in [6, 6.07) is 2.58. The lowest BCUT2D eigenvalue weighted by atomic mass is 10.2. The van der Waals surface area contributed by atoms with Gasteiger partial charge < -0.3 is 14.0 Å². The summed E-state index contributed by atoms with van der Waals surface area (Å²) in [6.45, 7) is 5.63. The molecule has 0 radical (unpaired) electrons. The first-order valence-corrected chi connectivity index (χ1v) is 7.16. The van der Waals surface area contributed by atoms with E-state index in [2.05, 4.69) is 9.72 Å². The highest BCUT2D eigenvalue weighted by Gasteiger charge is 2.18. The molecule has 0 N–H and O–H groups in total. The summed E-state index contributed by atoms with van der Waals surface area (Å²) in [7, 11) is 1.23. The van der Waals surface area contributed by atoms with Gasteiger partial charge in [-0.1, -0.05) is 0 Å². The van der Waals surface area contributed by atoms with E-state index >= 15 is 0 Å². The van der Waals surface area contributed by atoms with Crippen molar-refractivity contribution >= 4 is 23.0 Å². The van der Waals surface area contributed by atoms with Crippen LogP contribution in [0.1, 0.15) is 37.6 Å². The molecule has 6 nitrogen and oxygen atoms in total. The lowest BCUT2D eigenvalue weighted by Gasteiger charge is -2.19. The number of benzene rings is 1. The number of imidazole rings is 1. The number of aromatic nitrogens is 2. The number of rotatable bonds is 4. The first kappa shape index (κ1) is 16.9. The Labute approximate surface area is 133 Å². The molecule has 0 aliphatic heterocycles. The number of fused-ring (bicyclic) bond motifs is 1. The lowest BCUT2D eigenvalue weighted by molar-refractivity contribution is -0.155. The van der Waals surface area contributed by atoms with Crippen molar-refractivity contribution in [3.05, 3.63) is 29.8 Å². The lowest BCUT2D eigenvalue weighted by Crippen LogP contribution is -2.24. The summed E-state index contributed by atoms with van der Waals surface area (Å²) in [4.78, 5) is 27.3. The van der Waals surface area contributed by atoms with Crippen LogP contribution in [-0.2, 0) is 20.8 Å². The van der Waals surface area contributed by atoms with Gasteiger partial charge in [0.15, 0.2) is 5.82 Å². The minimum absolute atomic E-state index is 0.0940. The molecule has 0 saturated carbocycles. The number of nitrogens with zero attached hydrogens (tertiary/aromatic N) is 2. The molecule has 1 heterocycles. The Bertz CT molecular complexity index is 746. The van der Waals surface area contributed by atoms with E-state index in [0.29, 0.717) is 5.52 Å². The van der Waals surface area contributed by atoms with Crippen LogP contribution in [0.25, 0.3) is 11.0 Å². The fraction of sp³-hybridized carbons (Fsp3) is 0.438. The van der Waals surface area contributed by atoms with Gasteiger partial charge in [-0.2, -0.15) is 0 Å². The Morgan fingerprint density at radius 1 is 1.30 bits per heavy atom. The first-order valence-electron chi connectivity index (χ1n) is 7.16. The van der Waals surface area contributed by atoms with Crippen LogP contribution in [0, 0.1) is 5.82 Å². The van der Waals surface area contributed by atoms with Crippen molar-refractivity contribution in [1.82, 2.24) is 9.55 Å². The molecule has 124 valence electrons. The molecule has 1 aromatic heterocycles. The summed E-state index contributed by atoms with van der Waals surface area (Å²) in [5, 5.41) is 0. The molecule has 0 spiro atoms. The normalized spacial score (nSPS) is 11.5. The van der Waals surface area contributed by atoms with Crippen LogP contribution in [0.3, 0.4) is 0 Å². The highest BCUT2D eigenvalue weighted by molar-refractivity contribution is 5.93. The maximum absolute atomic E-state index is 14.0. The van der Waals surface area contributed by atoms with Crippen LogP contribution in [-0.4, -0.2) is 34.2 Å². The zero-order valence-corrected chi connectivity index (χ0v) is 13.6. The molecule has 0 saturated heterocycles. The van der Waals surface area contributed by atoms with Gasteiger partial charge in [0.1, 0.15) is 11.1 Å². The van der Waals surface area contributed by atoms with Crippen LogP contribution < -0.4 is 0 Å². The molecule has 2 aromatic rings. The Hall–Kier alpha value is -2.44. The predicted molar refractivity (Wildman–Crippen MR) is 81.5 cm³/mol. The summed E-state index contributed by atoms with van der Waals surface area (Å²) in [6.07, 6.45) is 1.55. The Morgan fingerprint density at radius 2 is 2.00 bits per heavy atom. The molecule has 0 bridgehead atoms. The van der Waals surface area contributed by atoms with Gasteiger partial charge in [0.2, 0.25) is 0 Å². The second kappa shape index (κ2) is 6.36. The number of hydrogen-bond acceptors (Lipinski definition) is 5. The number of aryl methyl sites for hydroxylation is 1. The third kappa shape index (κ3) is 4.06. The smallest absolute Gasteiger partial charge is 0.338 e. The Morgan fingerprint density at radius 3 is 2.61 bits per heavy atom. The summed E-state index contributed by atoms with van der Waals surface area (Å²) >= 11 is 0. The predicted octanol–water partition coefficient (Wildman–Crippen LogP) is 2.69. The Kier molecular flexibility index (Phi) is 4.68. The molecule has 0 aliphatic rings. The molecule has 0 aliphatic carbocycles. The van der Waals surface area contributed by atoms with E-state index < -0.39 is 17.4 Å². The standard InChI is InChI=1S/C16H19FN2O4/c1-16(2,3)23-13(20)5-6-19-9-18-14-11(17)7-10(8-12(14)19)15(21)22-4/h7-9H,5-6H2,1-4H3. The SMILES string of the molecule is COC(=O)c1cc(F)c2ncn(CCC(=O)OC(C)(C)C)c2c1. The van der Waals surface area contributed by atoms with E-state index in [-0.39, 0.29) is 30.0 Å². The molecule has 23 heavy (non-hydrogen) atoms.